The Balaban J connectivity index is 2.10. The maximum Gasteiger partial charge on any atom is 0.353 e. The number of oxime groups is 1. The second-order valence-electron chi connectivity index (χ2n) is 3.99. The van der Waals surface area contributed by atoms with Crippen LogP contribution in [0.15, 0.2) is 29.4 Å². The third kappa shape index (κ3) is 2.54. The minimum Gasteiger partial charge on any atom is -0.477 e. The van der Waals surface area contributed by atoms with E-state index in [0.29, 0.717) is 0 Å². The Morgan fingerprint density at radius 1 is 1.47 bits per heavy atom. The molecule has 7 heteroatoms. The topological polar surface area (TPSA) is 79.2 Å². The number of para-hydroxylation sites is 1. The van der Waals surface area contributed by atoms with E-state index in [4.69, 9.17) is 9.94 Å². The summed E-state index contributed by atoms with van der Waals surface area (Å²) in [5.41, 5.74) is -0.125. The fourth-order valence-corrected chi connectivity index (χ4v) is 1.69. The van der Waals surface area contributed by atoms with Gasteiger partial charge in [0.05, 0.1) is 5.69 Å². The number of likely N-dealkylation sites (N-methyl/N-ethyl adjacent to an activating group) is 1. The van der Waals surface area contributed by atoms with Gasteiger partial charge >= 0.3 is 5.97 Å². The summed E-state index contributed by atoms with van der Waals surface area (Å²) in [5, 5.41) is 12.0. The van der Waals surface area contributed by atoms with Crippen molar-refractivity contribution in [2.24, 2.45) is 5.16 Å². The summed E-state index contributed by atoms with van der Waals surface area (Å²) >= 11 is 0. The maximum absolute atomic E-state index is 13.5. The molecule has 1 atom stereocenters. The highest BCUT2D eigenvalue weighted by atomic mass is 19.1. The fraction of sp³-hybridized carbons (Fsp3) is 0.250. The number of rotatable bonds is 3. The van der Waals surface area contributed by atoms with Gasteiger partial charge in [0.25, 0.3) is 5.91 Å². The highest BCUT2D eigenvalue weighted by Gasteiger charge is 2.34. The Morgan fingerprint density at radius 3 is 2.74 bits per heavy atom. The van der Waals surface area contributed by atoms with Crippen LogP contribution in [0.25, 0.3) is 0 Å². The molecule has 0 radical (unpaired) electrons. The van der Waals surface area contributed by atoms with E-state index in [0.717, 1.165) is 4.90 Å². The molecule has 6 nitrogen and oxygen atoms in total. The van der Waals surface area contributed by atoms with E-state index in [-0.39, 0.29) is 17.8 Å². The highest BCUT2D eigenvalue weighted by molar-refractivity contribution is 6.36. The zero-order chi connectivity index (χ0) is 14.0. The molecule has 1 N–H and O–H groups in total. The predicted molar refractivity (Wildman–Crippen MR) is 64.4 cm³/mol. The van der Waals surface area contributed by atoms with Crippen molar-refractivity contribution in [1.29, 1.82) is 0 Å². The Kier molecular flexibility index (Phi) is 3.46. The van der Waals surface area contributed by atoms with Gasteiger partial charge in [-0.25, -0.2) is 9.18 Å². The first-order valence-electron chi connectivity index (χ1n) is 5.48. The fourth-order valence-electron chi connectivity index (χ4n) is 1.69. The number of amides is 1. The summed E-state index contributed by atoms with van der Waals surface area (Å²) in [6.07, 6.45) is -1.16. The molecule has 1 heterocycles. The molecule has 0 aromatic heterocycles. The molecule has 1 aromatic carbocycles. The highest BCUT2D eigenvalue weighted by Crippen LogP contribution is 2.21. The SMILES string of the molecule is CN(C(=O)C1CC(C(=O)O)=NO1)c1ccccc1F. The number of carbonyl (C=O) groups is 2. The lowest BCUT2D eigenvalue weighted by atomic mass is 10.1. The normalized spacial score (nSPS) is 17.6. The molecule has 1 amide bonds. The van der Waals surface area contributed by atoms with Gasteiger partial charge in [0.2, 0.25) is 6.10 Å². The monoisotopic (exact) mass is 266 g/mol. The molecule has 1 aromatic rings. The molecular weight excluding hydrogens is 255 g/mol. The number of nitrogens with zero attached hydrogens (tertiary/aromatic N) is 2. The van der Waals surface area contributed by atoms with Gasteiger partial charge in [0.15, 0.2) is 5.71 Å². The van der Waals surface area contributed by atoms with Gasteiger partial charge in [-0.2, -0.15) is 0 Å². The standard InChI is InChI=1S/C12H11FN2O4/c1-15(9-5-3-2-4-7(9)13)11(16)10-6-8(12(17)18)14-19-10/h2-5,10H,6H2,1H3,(H,17,18). The average Bonchev–Trinajstić information content (AvgIpc) is 2.87. The van der Waals surface area contributed by atoms with E-state index in [9.17, 15) is 14.0 Å². The van der Waals surface area contributed by atoms with Crippen LogP contribution in [0.5, 0.6) is 0 Å². The number of aliphatic carboxylic acids is 1. The van der Waals surface area contributed by atoms with Crippen LogP contribution in [0.3, 0.4) is 0 Å². The molecule has 0 saturated heterocycles. The summed E-state index contributed by atoms with van der Waals surface area (Å²) in [4.78, 5) is 28.6. The number of hydrogen-bond acceptors (Lipinski definition) is 4. The number of carbonyl (C=O) groups excluding carboxylic acids is 1. The maximum atomic E-state index is 13.5. The van der Waals surface area contributed by atoms with Crippen LogP contribution in [0.1, 0.15) is 6.42 Å². The molecule has 0 saturated carbocycles. The third-order valence-corrected chi connectivity index (χ3v) is 2.74. The smallest absolute Gasteiger partial charge is 0.353 e. The zero-order valence-corrected chi connectivity index (χ0v) is 10.0. The summed E-state index contributed by atoms with van der Waals surface area (Å²) < 4.78 is 13.5. The van der Waals surface area contributed by atoms with Gasteiger partial charge in [-0.1, -0.05) is 17.3 Å². The van der Waals surface area contributed by atoms with Crippen LogP contribution >= 0.6 is 0 Å². The Bertz CT molecular complexity index is 558. The van der Waals surface area contributed by atoms with E-state index in [1.54, 1.807) is 6.07 Å². The molecule has 2 rings (SSSR count). The second kappa shape index (κ2) is 5.05. The first-order valence-corrected chi connectivity index (χ1v) is 5.48. The van der Waals surface area contributed by atoms with Crippen molar-refractivity contribution in [2.75, 3.05) is 11.9 Å². The lowest BCUT2D eigenvalue weighted by molar-refractivity contribution is -0.129. The van der Waals surface area contributed by atoms with Crippen molar-refractivity contribution in [3.8, 4) is 0 Å². The van der Waals surface area contributed by atoms with Gasteiger partial charge in [-0.3, -0.25) is 4.79 Å². The van der Waals surface area contributed by atoms with Gasteiger partial charge in [-0.15, -0.1) is 0 Å². The van der Waals surface area contributed by atoms with Crippen LogP contribution in [0, 0.1) is 5.82 Å². The van der Waals surface area contributed by atoms with Crippen LogP contribution in [-0.4, -0.2) is 35.8 Å². The lowest BCUT2D eigenvalue weighted by Gasteiger charge is -2.20. The largest absolute Gasteiger partial charge is 0.477 e. The van der Waals surface area contributed by atoms with Gasteiger partial charge in [-0.05, 0) is 12.1 Å². The lowest BCUT2D eigenvalue weighted by Crippen LogP contribution is -2.37. The first kappa shape index (κ1) is 13.0. The van der Waals surface area contributed by atoms with Gasteiger partial charge in [0, 0.05) is 13.5 Å². The van der Waals surface area contributed by atoms with E-state index in [1.807, 2.05) is 0 Å². The number of halogens is 1. The van der Waals surface area contributed by atoms with E-state index in [2.05, 4.69) is 5.16 Å². The van der Waals surface area contributed by atoms with E-state index < -0.39 is 23.8 Å². The van der Waals surface area contributed by atoms with Crippen LogP contribution in [-0.2, 0) is 14.4 Å². The summed E-state index contributed by atoms with van der Waals surface area (Å²) in [7, 11) is 1.39. The first-order chi connectivity index (χ1) is 9.00. The minimum absolute atomic E-state index is 0.0971. The second-order valence-corrected chi connectivity index (χ2v) is 3.99. The van der Waals surface area contributed by atoms with Crippen molar-refractivity contribution in [1.82, 2.24) is 0 Å². The van der Waals surface area contributed by atoms with Crippen molar-refractivity contribution in [3.63, 3.8) is 0 Å². The Morgan fingerprint density at radius 2 is 2.16 bits per heavy atom. The molecular formula is C12H11FN2O4. The number of hydrogen-bond donors (Lipinski definition) is 1. The Hall–Kier alpha value is -2.44. The predicted octanol–water partition coefficient (Wildman–Crippen LogP) is 1.02. The Labute approximate surface area is 108 Å². The van der Waals surface area contributed by atoms with Crippen LogP contribution in [0.2, 0.25) is 0 Å². The quantitative estimate of drug-likeness (QED) is 0.885. The number of carboxylic acids is 1. The van der Waals surface area contributed by atoms with Gasteiger partial charge in [0.1, 0.15) is 5.82 Å². The van der Waals surface area contributed by atoms with Crippen molar-refractivity contribution in [3.05, 3.63) is 30.1 Å². The number of carboxylic acid groups (broad SMARTS) is 1. The molecule has 19 heavy (non-hydrogen) atoms. The van der Waals surface area contributed by atoms with E-state index in [1.165, 1.54) is 25.2 Å². The van der Waals surface area contributed by atoms with Crippen molar-refractivity contribution < 1.29 is 23.9 Å². The third-order valence-electron chi connectivity index (χ3n) is 2.74. The molecule has 1 unspecified atom stereocenters. The minimum atomic E-state index is -1.23. The molecule has 0 aliphatic carbocycles. The number of benzene rings is 1. The molecule has 1 aliphatic heterocycles. The zero-order valence-electron chi connectivity index (χ0n) is 10.0. The summed E-state index contributed by atoms with van der Waals surface area (Å²) in [5.74, 6) is -2.33. The van der Waals surface area contributed by atoms with Crippen LogP contribution < -0.4 is 4.90 Å². The van der Waals surface area contributed by atoms with Gasteiger partial charge < -0.3 is 14.8 Å². The summed E-state index contributed by atoms with van der Waals surface area (Å²) in [6, 6.07) is 5.78. The van der Waals surface area contributed by atoms with Crippen molar-refractivity contribution in [2.45, 2.75) is 12.5 Å². The average molecular weight is 266 g/mol. The number of anilines is 1. The van der Waals surface area contributed by atoms with Crippen LogP contribution in [0.4, 0.5) is 10.1 Å². The molecule has 100 valence electrons. The van der Waals surface area contributed by atoms with E-state index >= 15 is 0 Å². The molecule has 0 fully saturated rings. The summed E-state index contributed by atoms with van der Waals surface area (Å²) in [6.45, 7) is 0. The van der Waals surface area contributed by atoms with Crippen molar-refractivity contribution >= 4 is 23.3 Å². The molecule has 1 aliphatic rings. The molecule has 0 bridgehead atoms. The molecule has 0 spiro atoms.